The highest BCUT2D eigenvalue weighted by molar-refractivity contribution is 5.98. The molecule has 1 saturated carbocycles. The second-order valence-electron chi connectivity index (χ2n) is 12.6. The van der Waals surface area contributed by atoms with Crippen LogP contribution in [0.5, 0.6) is 5.88 Å². The lowest BCUT2D eigenvalue weighted by atomic mass is 9.93. The largest absolute Gasteiger partial charge is 0.475 e. The van der Waals surface area contributed by atoms with Crippen molar-refractivity contribution in [2.24, 2.45) is 5.92 Å². The first kappa shape index (κ1) is 28.3. The first-order chi connectivity index (χ1) is 21.4. The van der Waals surface area contributed by atoms with Gasteiger partial charge in [-0.25, -0.2) is 9.37 Å². The Morgan fingerprint density at radius 3 is 2.80 bits per heavy atom. The van der Waals surface area contributed by atoms with Gasteiger partial charge in [0.05, 0.1) is 29.7 Å². The third-order valence-electron chi connectivity index (χ3n) is 9.95. The normalized spacial score (nSPS) is 25.7. The van der Waals surface area contributed by atoms with Crippen molar-refractivity contribution < 1.29 is 13.9 Å². The molecule has 5 atom stereocenters. The summed E-state index contributed by atoms with van der Waals surface area (Å²) >= 11 is 0. The smallest absolute Gasteiger partial charge is 0.246 e. The molecule has 2 unspecified atom stereocenters. The fourth-order valence-electron chi connectivity index (χ4n) is 7.64. The Labute approximate surface area is 256 Å². The van der Waals surface area contributed by atoms with Gasteiger partial charge in [0.1, 0.15) is 24.4 Å². The van der Waals surface area contributed by atoms with Gasteiger partial charge < -0.3 is 14.5 Å². The highest BCUT2D eigenvalue weighted by atomic mass is 19.1. The molecule has 0 spiro atoms. The highest BCUT2D eigenvalue weighted by Gasteiger charge is 2.46. The van der Waals surface area contributed by atoms with Crippen molar-refractivity contribution in [3.63, 3.8) is 0 Å². The molecule has 1 amide bonds. The number of nitriles is 2. The summed E-state index contributed by atoms with van der Waals surface area (Å²) < 4.78 is 20.4. The summed E-state index contributed by atoms with van der Waals surface area (Å²) in [5, 5.41) is 20.9. The van der Waals surface area contributed by atoms with Crippen LogP contribution in [0.1, 0.15) is 41.9 Å². The van der Waals surface area contributed by atoms with E-state index in [1.165, 1.54) is 29.2 Å². The van der Waals surface area contributed by atoms with Crippen LogP contribution in [0.3, 0.4) is 0 Å². The zero-order chi connectivity index (χ0) is 30.5. The fraction of sp³-hybridized carbons (Fsp3) is 0.429. The molecule has 3 fully saturated rings. The van der Waals surface area contributed by atoms with Crippen LogP contribution in [0, 0.1) is 28.6 Å². The molecule has 0 bridgehead atoms. The number of aromatic nitrogens is 1. The minimum atomic E-state index is -0.906. The lowest BCUT2D eigenvalue weighted by molar-refractivity contribution is -0.128. The number of nitrogens with zero attached hydrogens (tertiary/aromatic N) is 6. The van der Waals surface area contributed by atoms with Gasteiger partial charge in [0, 0.05) is 37.6 Å². The molecule has 224 valence electrons. The van der Waals surface area contributed by atoms with Gasteiger partial charge in [0.25, 0.3) is 0 Å². The zero-order valence-electron chi connectivity index (χ0n) is 24.9. The molecule has 3 heterocycles. The van der Waals surface area contributed by atoms with Crippen molar-refractivity contribution in [1.82, 2.24) is 14.8 Å². The van der Waals surface area contributed by atoms with E-state index in [9.17, 15) is 19.7 Å². The molecule has 0 radical (unpaired) electrons. The van der Waals surface area contributed by atoms with Gasteiger partial charge in [-0.3, -0.25) is 9.69 Å². The van der Waals surface area contributed by atoms with E-state index >= 15 is 0 Å². The van der Waals surface area contributed by atoms with Crippen molar-refractivity contribution in [3.05, 3.63) is 65.7 Å². The minimum absolute atomic E-state index is 0.115. The lowest BCUT2D eigenvalue weighted by Crippen LogP contribution is -2.55. The molecule has 2 saturated heterocycles. The van der Waals surface area contributed by atoms with E-state index in [4.69, 9.17) is 9.72 Å². The molecule has 3 aromatic rings. The number of amides is 1. The molecule has 2 aliphatic heterocycles. The van der Waals surface area contributed by atoms with E-state index in [0.717, 1.165) is 23.3 Å². The number of carbonyl (C=O) groups is 1. The number of rotatable bonds is 7. The Bertz CT molecular complexity index is 1740. The number of pyridine rings is 1. The van der Waals surface area contributed by atoms with Crippen LogP contribution in [-0.2, 0) is 11.2 Å². The number of ether oxygens (including phenoxy) is 1. The monoisotopic (exact) mass is 590 g/mol. The Morgan fingerprint density at radius 2 is 2.05 bits per heavy atom. The number of carbonyl (C=O) groups excluding carboxylic acids is 1. The van der Waals surface area contributed by atoms with Gasteiger partial charge in [-0.05, 0) is 72.5 Å². The van der Waals surface area contributed by atoms with E-state index < -0.39 is 6.17 Å². The van der Waals surface area contributed by atoms with E-state index in [2.05, 4.69) is 53.9 Å². The summed E-state index contributed by atoms with van der Waals surface area (Å²) in [5.74, 6) is 1.42. The molecule has 2 aliphatic carbocycles. The number of fused-ring (bicyclic) bond motifs is 4. The zero-order valence-corrected chi connectivity index (χ0v) is 24.9. The van der Waals surface area contributed by atoms with Crippen LogP contribution in [0.25, 0.3) is 22.0 Å². The Hall–Kier alpha value is -4.47. The lowest BCUT2D eigenvalue weighted by Gasteiger charge is -2.42. The van der Waals surface area contributed by atoms with Gasteiger partial charge in [0.2, 0.25) is 11.8 Å². The van der Waals surface area contributed by atoms with Gasteiger partial charge >= 0.3 is 0 Å². The summed E-state index contributed by atoms with van der Waals surface area (Å²) in [6.45, 7) is 5.45. The first-order valence-corrected chi connectivity index (χ1v) is 15.4. The van der Waals surface area contributed by atoms with Crippen molar-refractivity contribution in [3.8, 4) is 29.1 Å². The molecule has 0 N–H and O–H groups in total. The van der Waals surface area contributed by atoms with E-state index in [1.807, 2.05) is 18.0 Å². The third-order valence-corrected chi connectivity index (χ3v) is 9.95. The molecule has 4 aliphatic rings. The number of alkyl halides is 1. The maximum Gasteiger partial charge on any atom is 0.246 e. The predicted molar refractivity (Wildman–Crippen MR) is 166 cm³/mol. The van der Waals surface area contributed by atoms with Crippen LogP contribution in [0.2, 0.25) is 0 Å². The number of anilines is 1. The van der Waals surface area contributed by atoms with Crippen molar-refractivity contribution in [2.45, 2.75) is 49.9 Å². The van der Waals surface area contributed by atoms with Gasteiger partial charge in [-0.2, -0.15) is 10.5 Å². The number of halogens is 1. The molecule has 9 heteroatoms. The highest BCUT2D eigenvalue weighted by Crippen LogP contribution is 2.58. The SMILES string of the molecule is C=CC(=O)N1CCN(c2c(C#N)c(OC[C@@H]3C[C@@H](F)CN3C)nc3cc(-c4cccc5c4C4CC4C5)ccc23)C[C@@H]1CC#N. The molecule has 7 rings (SSSR count). The average Bonchev–Trinajstić information content (AvgIpc) is 3.58. The number of benzene rings is 2. The maximum absolute atomic E-state index is 14.1. The quantitative estimate of drug-likeness (QED) is 0.359. The summed E-state index contributed by atoms with van der Waals surface area (Å²) in [6.07, 6.45) is 3.31. The minimum Gasteiger partial charge on any atom is -0.475 e. The number of hydrogen-bond acceptors (Lipinski definition) is 7. The molecule has 44 heavy (non-hydrogen) atoms. The Kier molecular flexibility index (Phi) is 7.22. The topological polar surface area (TPSA) is 96.5 Å². The van der Waals surface area contributed by atoms with Crippen LogP contribution in [-0.4, -0.2) is 78.8 Å². The summed E-state index contributed by atoms with van der Waals surface area (Å²) in [4.78, 5) is 23.2. The third kappa shape index (κ3) is 4.86. The second-order valence-corrected chi connectivity index (χ2v) is 12.6. The average molecular weight is 591 g/mol. The Morgan fingerprint density at radius 1 is 1.18 bits per heavy atom. The van der Waals surface area contributed by atoms with Crippen molar-refractivity contribution >= 4 is 22.5 Å². The van der Waals surface area contributed by atoms with Gasteiger partial charge in [-0.15, -0.1) is 0 Å². The summed E-state index contributed by atoms with van der Waals surface area (Å²) in [5.41, 5.74) is 6.91. The van der Waals surface area contributed by atoms with E-state index in [0.29, 0.717) is 55.3 Å². The van der Waals surface area contributed by atoms with Crippen LogP contribution < -0.4 is 9.64 Å². The van der Waals surface area contributed by atoms with Crippen LogP contribution in [0.15, 0.2) is 49.1 Å². The molecular formula is C35H35FN6O2. The Balaban J connectivity index is 1.32. The number of hydrogen-bond donors (Lipinski definition) is 0. The van der Waals surface area contributed by atoms with Gasteiger partial charge in [-0.1, -0.05) is 36.9 Å². The fourth-order valence-corrected chi connectivity index (χ4v) is 7.64. The summed E-state index contributed by atoms with van der Waals surface area (Å²) in [7, 11) is 1.88. The summed E-state index contributed by atoms with van der Waals surface area (Å²) in [6, 6.07) is 16.9. The maximum atomic E-state index is 14.1. The predicted octanol–water partition coefficient (Wildman–Crippen LogP) is 4.97. The molecular weight excluding hydrogens is 555 g/mol. The van der Waals surface area contributed by atoms with Crippen molar-refractivity contribution in [1.29, 1.82) is 10.5 Å². The van der Waals surface area contributed by atoms with E-state index in [-0.39, 0.29) is 36.9 Å². The van der Waals surface area contributed by atoms with Gasteiger partial charge in [0.15, 0.2) is 0 Å². The molecule has 1 aromatic heterocycles. The second kappa shape index (κ2) is 11.2. The van der Waals surface area contributed by atoms with Crippen LogP contribution >= 0.6 is 0 Å². The van der Waals surface area contributed by atoms with Crippen LogP contribution in [0.4, 0.5) is 10.1 Å². The van der Waals surface area contributed by atoms with E-state index in [1.54, 1.807) is 4.90 Å². The first-order valence-electron chi connectivity index (χ1n) is 15.4. The van der Waals surface area contributed by atoms with Crippen molar-refractivity contribution in [2.75, 3.05) is 44.7 Å². The number of likely N-dealkylation sites (N-methyl/N-ethyl adjacent to an activating group) is 1. The number of piperazine rings is 1. The number of likely N-dealkylation sites (tertiary alicyclic amines) is 1. The standard InChI is InChI=1S/C35H35FN6O2/c1-3-32(43)42-12-11-41(19-25(42)9-10-37)34-28-8-7-21(27-6-4-5-22-13-23-14-29(23)33(22)27)15-31(28)39-35(30(34)17-38)44-20-26-16-24(36)18-40(26)2/h3-8,15,23-26,29H,1,9,11-14,16,18-20H2,2H3/t23?,24-,25+,26+,29?/m1/s1. The molecule has 2 aromatic carbocycles. The molecule has 8 nitrogen and oxygen atoms in total.